The molecule has 0 aliphatic carbocycles. The van der Waals surface area contributed by atoms with Gasteiger partial charge >= 0.3 is 0 Å². The van der Waals surface area contributed by atoms with Crippen LogP contribution in [0.3, 0.4) is 0 Å². The molecule has 100 valence electrons. The Morgan fingerprint density at radius 2 is 1.78 bits per heavy atom. The predicted octanol–water partition coefficient (Wildman–Crippen LogP) is 2.28. The van der Waals surface area contributed by atoms with Gasteiger partial charge in [-0.3, -0.25) is 0 Å². The molecule has 1 heterocycles. The first-order valence-electron chi connectivity index (χ1n) is 7.02. The molecule has 0 atom stereocenters. The molecule has 0 radical (unpaired) electrons. The first kappa shape index (κ1) is 13.2. The monoisotopic (exact) mass is 247 g/mol. The summed E-state index contributed by atoms with van der Waals surface area (Å²) in [7, 11) is 0. The number of hydrogen-bond acceptors (Lipinski definition) is 3. The van der Waals surface area contributed by atoms with Crippen LogP contribution < -0.4 is 10.6 Å². The molecule has 3 nitrogen and oxygen atoms in total. The van der Waals surface area contributed by atoms with Crippen LogP contribution in [0.4, 0.5) is 11.4 Å². The highest BCUT2D eigenvalue weighted by Crippen LogP contribution is 2.26. The van der Waals surface area contributed by atoms with Gasteiger partial charge in [0.1, 0.15) is 0 Å². The smallest absolute Gasteiger partial charge is 0.0377 e. The molecule has 1 aromatic rings. The highest BCUT2D eigenvalue weighted by Gasteiger charge is 2.17. The summed E-state index contributed by atoms with van der Waals surface area (Å²) in [5.74, 6) is 0. The van der Waals surface area contributed by atoms with Crippen molar-refractivity contribution in [2.45, 2.75) is 27.2 Å². The molecule has 1 aromatic carbocycles. The van der Waals surface area contributed by atoms with Gasteiger partial charge in [0.05, 0.1) is 0 Å². The SMILES string of the molecule is CCc1cc(N2CCN(CC)CC2)cc(C)c1N. The van der Waals surface area contributed by atoms with Crippen LogP contribution >= 0.6 is 0 Å². The minimum Gasteiger partial charge on any atom is -0.398 e. The fourth-order valence-electron chi connectivity index (χ4n) is 2.65. The molecule has 1 saturated heterocycles. The topological polar surface area (TPSA) is 32.5 Å². The van der Waals surface area contributed by atoms with E-state index in [0.29, 0.717) is 0 Å². The molecule has 1 fully saturated rings. The molecular weight excluding hydrogens is 222 g/mol. The zero-order valence-electron chi connectivity index (χ0n) is 11.9. The number of benzene rings is 1. The molecule has 0 spiro atoms. The quantitative estimate of drug-likeness (QED) is 0.832. The summed E-state index contributed by atoms with van der Waals surface area (Å²) < 4.78 is 0. The number of aryl methyl sites for hydroxylation is 2. The lowest BCUT2D eigenvalue weighted by Crippen LogP contribution is -2.46. The van der Waals surface area contributed by atoms with Gasteiger partial charge in [0, 0.05) is 37.6 Å². The van der Waals surface area contributed by atoms with Gasteiger partial charge in [-0.05, 0) is 43.1 Å². The van der Waals surface area contributed by atoms with Crippen molar-refractivity contribution in [1.29, 1.82) is 0 Å². The molecular formula is C15H25N3. The van der Waals surface area contributed by atoms with E-state index in [1.165, 1.54) is 29.9 Å². The van der Waals surface area contributed by atoms with Crippen LogP contribution in [0.25, 0.3) is 0 Å². The first-order chi connectivity index (χ1) is 8.65. The highest BCUT2D eigenvalue weighted by atomic mass is 15.3. The van der Waals surface area contributed by atoms with Crippen molar-refractivity contribution in [3.05, 3.63) is 23.3 Å². The van der Waals surface area contributed by atoms with E-state index in [9.17, 15) is 0 Å². The van der Waals surface area contributed by atoms with Gasteiger partial charge in [-0.2, -0.15) is 0 Å². The summed E-state index contributed by atoms with van der Waals surface area (Å²) in [5, 5.41) is 0. The van der Waals surface area contributed by atoms with Crippen molar-refractivity contribution in [3.63, 3.8) is 0 Å². The number of hydrogen-bond donors (Lipinski definition) is 1. The summed E-state index contributed by atoms with van der Waals surface area (Å²) in [5.41, 5.74) is 10.9. The van der Waals surface area contributed by atoms with Gasteiger partial charge < -0.3 is 15.5 Å². The molecule has 0 unspecified atom stereocenters. The Morgan fingerprint density at radius 3 is 2.33 bits per heavy atom. The molecule has 0 amide bonds. The number of likely N-dealkylation sites (N-methyl/N-ethyl adjacent to an activating group) is 1. The molecule has 1 aliphatic rings. The Kier molecular flexibility index (Phi) is 4.12. The number of nitrogens with two attached hydrogens (primary N) is 1. The maximum atomic E-state index is 6.11. The van der Waals surface area contributed by atoms with Crippen molar-refractivity contribution in [3.8, 4) is 0 Å². The van der Waals surface area contributed by atoms with E-state index in [1.54, 1.807) is 0 Å². The summed E-state index contributed by atoms with van der Waals surface area (Å²) >= 11 is 0. The van der Waals surface area contributed by atoms with Crippen LogP contribution in [0, 0.1) is 6.92 Å². The molecule has 3 heteroatoms. The molecule has 0 bridgehead atoms. The zero-order valence-corrected chi connectivity index (χ0v) is 11.9. The van der Waals surface area contributed by atoms with Crippen LogP contribution in [0.2, 0.25) is 0 Å². The molecule has 1 aliphatic heterocycles. The number of anilines is 2. The van der Waals surface area contributed by atoms with E-state index < -0.39 is 0 Å². The maximum absolute atomic E-state index is 6.11. The predicted molar refractivity (Wildman–Crippen MR) is 79.3 cm³/mol. The highest BCUT2D eigenvalue weighted by molar-refractivity contribution is 5.63. The van der Waals surface area contributed by atoms with E-state index in [2.05, 4.69) is 42.7 Å². The van der Waals surface area contributed by atoms with E-state index in [1.807, 2.05) is 0 Å². The van der Waals surface area contributed by atoms with Gasteiger partial charge in [0.2, 0.25) is 0 Å². The second kappa shape index (κ2) is 5.61. The second-order valence-electron chi connectivity index (χ2n) is 5.11. The van der Waals surface area contributed by atoms with Gasteiger partial charge in [0.15, 0.2) is 0 Å². The minimum absolute atomic E-state index is 0.966. The Labute approximate surface area is 111 Å². The normalized spacial score (nSPS) is 17.2. The molecule has 18 heavy (non-hydrogen) atoms. The van der Waals surface area contributed by atoms with Crippen molar-refractivity contribution in [1.82, 2.24) is 4.90 Å². The summed E-state index contributed by atoms with van der Waals surface area (Å²) in [4.78, 5) is 4.99. The largest absolute Gasteiger partial charge is 0.398 e. The molecule has 2 N–H and O–H groups in total. The van der Waals surface area contributed by atoms with Crippen LogP contribution in [-0.4, -0.2) is 37.6 Å². The van der Waals surface area contributed by atoms with Crippen LogP contribution in [0.1, 0.15) is 25.0 Å². The fraction of sp³-hybridized carbons (Fsp3) is 0.600. The van der Waals surface area contributed by atoms with Crippen molar-refractivity contribution < 1.29 is 0 Å². The van der Waals surface area contributed by atoms with Crippen molar-refractivity contribution in [2.24, 2.45) is 0 Å². The standard InChI is InChI=1S/C15H25N3/c1-4-13-11-14(10-12(3)15(13)16)18-8-6-17(5-2)7-9-18/h10-11H,4-9,16H2,1-3H3. The Morgan fingerprint density at radius 1 is 1.11 bits per heavy atom. The van der Waals surface area contributed by atoms with Gasteiger partial charge in [0.25, 0.3) is 0 Å². The lowest BCUT2D eigenvalue weighted by molar-refractivity contribution is 0.271. The van der Waals surface area contributed by atoms with E-state index in [0.717, 1.165) is 31.7 Å². The Hall–Kier alpha value is -1.22. The Bertz CT molecular complexity index is 406. The van der Waals surface area contributed by atoms with Gasteiger partial charge in [-0.15, -0.1) is 0 Å². The first-order valence-corrected chi connectivity index (χ1v) is 7.02. The lowest BCUT2D eigenvalue weighted by Gasteiger charge is -2.36. The zero-order chi connectivity index (χ0) is 13.1. The number of nitrogens with zero attached hydrogens (tertiary/aromatic N) is 2. The number of rotatable bonds is 3. The minimum atomic E-state index is 0.966. The summed E-state index contributed by atoms with van der Waals surface area (Å²) in [6, 6.07) is 4.50. The van der Waals surface area contributed by atoms with Crippen LogP contribution in [0.5, 0.6) is 0 Å². The second-order valence-corrected chi connectivity index (χ2v) is 5.11. The molecule has 0 saturated carbocycles. The molecule has 0 aromatic heterocycles. The third-order valence-corrected chi connectivity index (χ3v) is 4.02. The lowest BCUT2D eigenvalue weighted by atomic mass is 10.0. The third-order valence-electron chi connectivity index (χ3n) is 4.02. The average Bonchev–Trinajstić information content (AvgIpc) is 2.42. The van der Waals surface area contributed by atoms with Crippen LogP contribution in [0.15, 0.2) is 12.1 Å². The fourth-order valence-corrected chi connectivity index (χ4v) is 2.65. The maximum Gasteiger partial charge on any atom is 0.0377 e. The third kappa shape index (κ3) is 2.61. The van der Waals surface area contributed by atoms with E-state index >= 15 is 0 Å². The summed E-state index contributed by atoms with van der Waals surface area (Å²) in [6.07, 6.45) is 1.01. The van der Waals surface area contributed by atoms with E-state index in [4.69, 9.17) is 5.73 Å². The van der Waals surface area contributed by atoms with Gasteiger partial charge in [-0.1, -0.05) is 13.8 Å². The van der Waals surface area contributed by atoms with E-state index in [-0.39, 0.29) is 0 Å². The average molecular weight is 247 g/mol. The van der Waals surface area contributed by atoms with Crippen molar-refractivity contribution >= 4 is 11.4 Å². The number of nitrogen functional groups attached to an aromatic ring is 1. The van der Waals surface area contributed by atoms with Crippen LogP contribution in [-0.2, 0) is 6.42 Å². The Balaban J connectivity index is 2.17. The molecule has 2 rings (SSSR count). The summed E-state index contributed by atoms with van der Waals surface area (Å²) in [6.45, 7) is 12.3. The van der Waals surface area contributed by atoms with Crippen molar-refractivity contribution in [2.75, 3.05) is 43.4 Å². The van der Waals surface area contributed by atoms with Gasteiger partial charge in [-0.25, -0.2) is 0 Å². The number of piperazine rings is 1.